The first-order chi connectivity index (χ1) is 33.8. The zero-order valence-electron chi connectivity index (χ0n) is 42.5. The van der Waals surface area contributed by atoms with Gasteiger partial charge in [-0.2, -0.15) is 5.26 Å². The number of hydrogen-bond acceptors (Lipinski definition) is 12. The predicted octanol–water partition coefficient (Wildman–Crippen LogP) is 9.64. The van der Waals surface area contributed by atoms with Crippen LogP contribution in [0.15, 0.2) is 76.9 Å². The summed E-state index contributed by atoms with van der Waals surface area (Å²) in [5.74, 6) is 1.20. The van der Waals surface area contributed by atoms with Crippen LogP contribution in [0.1, 0.15) is 125 Å². The topological polar surface area (TPSA) is 170 Å². The van der Waals surface area contributed by atoms with Crippen LogP contribution in [0.5, 0.6) is 5.75 Å². The Balaban J connectivity index is 0.768. The molecule has 2 aliphatic heterocycles. The lowest BCUT2D eigenvalue weighted by atomic mass is 9.49. The fraction of sp³-hybridized carbons (Fsp3) is 0.509. The van der Waals surface area contributed by atoms with Gasteiger partial charge in [0.15, 0.2) is 0 Å². The Morgan fingerprint density at radius 1 is 0.972 bits per heavy atom. The van der Waals surface area contributed by atoms with E-state index in [1.165, 1.54) is 0 Å². The molecule has 1 unspecified atom stereocenters. The number of aromatic nitrogens is 3. The molecule has 3 aromatic heterocycles. The number of aryl methyl sites for hydroxylation is 2. The lowest BCUT2D eigenvalue weighted by molar-refractivity contribution is -0.164. The van der Waals surface area contributed by atoms with Crippen LogP contribution in [0, 0.1) is 40.9 Å². The van der Waals surface area contributed by atoms with Gasteiger partial charge in [-0.05, 0) is 93.3 Å². The van der Waals surface area contributed by atoms with Gasteiger partial charge < -0.3 is 29.7 Å². The van der Waals surface area contributed by atoms with Crippen LogP contribution < -0.4 is 20.3 Å². The molecule has 5 heterocycles. The molecule has 0 spiro atoms. The van der Waals surface area contributed by atoms with Crippen molar-refractivity contribution in [3.05, 3.63) is 111 Å². The molecule has 16 heteroatoms. The van der Waals surface area contributed by atoms with Gasteiger partial charge in [0.25, 0.3) is 5.91 Å². The molecule has 1 aliphatic carbocycles. The molecule has 0 bridgehead atoms. The summed E-state index contributed by atoms with van der Waals surface area (Å²) in [6.45, 7) is 23.5. The maximum atomic E-state index is 14.4. The van der Waals surface area contributed by atoms with Crippen molar-refractivity contribution >= 4 is 46.5 Å². The standard InChI is InChI=1S/C55H68ClN9O5S/c1-33(2)47(51(68)65-31-34(3)26-44(65)50(67)60-35(4)37-13-15-38(16-14-37)48-36(5)59-32-71-48)45-27-41(62-70-45)12-10-11-21-63-22-24-64(25-23-63)46-20-18-40(30-58-46)49(66)61-52-54(6,7)53(55(52,8)9)69-42-19-17-39(29-57)43(56)28-42/h13-20,27-28,30,32-35,44,47,52-53H,10-12,21-26,31H2,1-9H3,(H,60,67)(H,61,66)/t34-,35+,44+,47?,52?,53?/m1/s1. The van der Waals surface area contributed by atoms with Crippen molar-refractivity contribution in [3.8, 4) is 22.3 Å². The summed E-state index contributed by atoms with van der Waals surface area (Å²) < 4.78 is 12.3. The second-order valence-corrected chi connectivity index (χ2v) is 22.7. The molecule has 1 saturated carbocycles. The highest BCUT2D eigenvalue weighted by molar-refractivity contribution is 7.13. The van der Waals surface area contributed by atoms with Crippen molar-refractivity contribution in [1.29, 1.82) is 5.26 Å². The van der Waals surface area contributed by atoms with E-state index in [4.69, 9.17) is 25.8 Å². The molecule has 3 fully saturated rings. The third kappa shape index (κ3) is 11.2. The number of anilines is 1. The molecule has 2 aromatic carbocycles. The molecule has 71 heavy (non-hydrogen) atoms. The molecular weight excluding hydrogens is 934 g/mol. The van der Waals surface area contributed by atoms with E-state index in [-0.39, 0.29) is 58.6 Å². The second kappa shape index (κ2) is 21.5. The van der Waals surface area contributed by atoms with E-state index >= 15 is 0 Å². The Kier molecular flexibility index (Phi) is 15.6. The zero-order chi connectivity index (χ0) is 50.8. The van der Waals surface area contributed by atoms with Gasteiger partial charge in [-0.3, -0.25) is 19.3 Å². The largest absolute Gasteiger partial charge is 0.489 e. The van der Waals surface area contributed by atoms with Gasteiger partial charge in [-0.25, -0.2) is 9.97 Å². The highest BCUT2D eigenvalue weighted by atomic mass is 35.5. The number of ether oxygens (including phenoxy) is 1. The normalized spacial score (nSPS) is 21.5. The van der Waals surface area contributed by atoms with E-state index in [1.807, 2.05) is 63.5 Å². The molecule has 2 saturated heterocycles. The highest BCUT2D eigenvalue weighted by Gasteiger charge is 2.64. The number of halogens is 1. The number of carbonyl (C=O) groups excluding carboxylic acids is 3. The average molecular weight is 1000 g/mol. The molecule has 2 N–H and O–H groups in total. The van der Waals surface area contributed by atoms with Crippen LogP contribution in [-0.4, -0.2) is 100 Å². The second-order valence-electron chi connectivity index (χ2n) is 21.4. The fourth-order valence-electron chi connectivity index (χ4n) is 11.3. The molecule has 14 nitrogen and oxygen atoms in total. The number of pyridine rings is 1. The van der Waals surface area contributed by atoms with Crippen LogP contribution in [0.3, 0.4) is 0 Å². The maximum absolute atomic E-state index is 14.4. The van der Waals surface area contributed by atoms with E-state index in [0.717, 1.165) is 85.2 Å². The maximum Gasteiger partial charge on any atom is 0.253 e. The van der Waals surface area contributed by atoms with Gasteiger partial charge in [0, 0.05) is 67.9 Å². The monoisotopic (exact) mass is 1000 g/mol. The van der Waals surface area contributed by atoms with Crippen molar-refractivity contribution in [2.75, 3.05) is 44.2 Å². The van der Waals surface area contributed by atoms with Gasteiger partial charge in [-0.1, -0.05) is 89.5 Å². The van der Waals surface area contributed by atoms with Crippen molar-refractivity contribution < 1.29 is 23.6 Å². The summed E-state index contributed by atoms with van der Waals surface area (Å²) in [4.78, 5) is 58.4. The highest BCUT2D eigenvalue weighted by Crippen LogP contribution is 2.55. The quantitative estimate of drug-likeness (QED) is 0.0851. The smallest absolute Gasteiger partial charge is 0.253 e. The summed E-state index contributed by atoms with van der Waals surface area (Å²) in [5.41, 5.74) is 5.96. The molecule has 0 radical (unpaired) electrons. The first-order valence-corrected chi connectivity index (χ1v) is 26.3. The molecule has 8 rings (SSSR count). The van der Waals surface area contributed by atoms with Crippen LogP contribution in [-0.2, 0) is 16.0 Å². The number of likely N-dealkylation sites (tertiary alicyclic amines) is 1. The number of rotatable bonds is 17. The van der Waals surface area contributed by atoms with E-state index in [0.29, 0.717) is 40.6 Å². The fourth-order valence-corrected chi connectivity index (χ4v) is 12.3. The number of unbranched alkanes of at least 4 members (excludes halogenated alkanes) is 1. The number of nitriles is 1. The van der Waals surface area contributed by atoms with Crippen molar-refractivity contribution in [1.82, 2.24) is 35.6 Å². The minimum atomic E-state index is -0.557. The average Bonchev–Trinajstić information content (AvgIpc) is 4.11. The van der Waals surface area contributed by atoms with E-state index in [2.05, 4.69) is 83.4 Å². The number of nitrogens with zero attached hydrogens (tertiary/aromatic N) is 7. The lowest BCUT2D eigenvalue weighted by Crippen LogP contribution is -2.74. The minimum Gasteiger partial charge on any atom is -0.489 e. The van der Waals surface area contributed by atoms with Crippen LogP contribution in [0.2, 0.25) is 5.02 Å². The van der Waals surface area contributed by atoms with Crippen LogP contribution >= 0.6 is 22.9 Å². The summed E-state index contributed by atoms with van der Waals surface area (Å²) >= 11 is 7.88. The molecule has 4 atom stereocenters. The summed E-state index contributed by atoms with van der Waals surface area (Å²) in [6, 6.07) is 20.2. The Bertz CT molecular complexity index is 2710. The van der Waals surface area contributed by atoms with Gasteiger partial charge in [0.1, 0.15) is 41.5 Å². The number of piperazine rings is 1. The number of thiazole rings is 1. The molecule has 5 aromatic rings. The summed E-state index contributed by atoms with van der Waals surface area (Å²) in [7, 11) is 0. The number of carbonyl (C=O) groups is 3. The minimum absolute atomic E-state index is 0.0507. The van der Waals surface area contributed by atoms with Crippen molar-refractivity contribution in [3.63, 3.8) is 0 Å². The third-order valence-electron chi connectivity index (χ3n) is 15.0. The Morgan fingerprint density at radius 3 is 2.34 bits per heavy atom. The zero-order valence-corrected chi connectivity index (χ0v) is 44.1. The van der Waals surface area contributed by atoms with E-state index in [9.17, 15) is 19.6 Å². The van der Waals surface area contributed by atoms with Crippen LogP contribution in [0.4, 0.5) is 5.82 Å². The third-order valence-corrected chi connectivity index (χ3v) is 16.3. The Morgan fingerprint density at radius 2 is 1.70 bits per heavy atom. The van der Waals surface area contributed by atoms with Crippen LogP contribution in [0.25, 0.3) is 10.4 Å². The predicted molar refractivity (Wildman–Crippen MR) is 277 cm³/mol. The first-order valence-electron chi connectivity index (χ1n) is 25.0. The van der Waals surface area contributed by atoms with Gasteiger partial charge in [0.2, 0.25) is 11.8 Å². The SMILES string of the molecule is Cc1ncsc1-c1ccc([C@H](C)NC(=O)[C@@H]2C[C@@H](C)CN2C(=O)C(c2cc(CCCCN3CCN(c4ccc(C(=O)NC5C(C)(C)C(Oc6ccc(C#N)c(Cl)c6)C5(C)C)cn4)CC3)no2)C(C)C)cc1. The molecule has 3 aliphatic rings. The van der Waals surface area contributed by atoms with E-state index < -0.39 is 12.0 Å². The summed E-state index contributed by atoms with van der Waals surface area (Å²) in [6.07, 6.45) is 4.76. The van der Waals surface area contributed by atoms with E-state index in [1.54, 1.807) is 40.6 Å². The van der Waals surface area contributed by atoms with Gasteiger partial charge in [-0.15, -0.1) is 11.3 Å². The lowest BCUT2D eigenvalue weighted by Gasteiger charge is -2.63. The number of benzene rings is 2. The number of nitrogens with one attached hydrogen (secondary N) is 2. The molecule has 376 valence electrons. The molecular formula is C55H68ClN9O5S. The Hall–Kier alpha value is -5.82. The molecule has 3 amide bonds. The number of hydrogen-bond donors (Lipinski definition) is 2. The summed E-state index contributed by atoms with van der Waals surface area (Å²) in [5, 5.41) is 20.5. The number of amides is 3. The van der Waals surface area contributed by atoms with Crippen molar-refractivity contribution in [2.45, 2.75) is 118 Å². The van der Waals surface area contributed by atoms with Gasteiger partial charge >= 0.3 is 0 Å². The van der Waals surface area contributed by atoms with Crippen molar-refractivity contribution in [2.24, 2.45) is 22.7 Å². The van der Waals surface area contributed by atoms with Gasteiger partial charge in [0.05, 0.1) is 44.0 Å². The first kappa shape index (κ1) is 51.5. The Labute approximate surface area is 427 Å².